The largest absolute Gasteiger partial charge is 0.481 e. The minimum absolute atomic E-state index is 0.0524. The van der Waals surface area contributed by atoms with Gasteiger partial charge in [-0.25, -0.2) is 14.8 Å². The molecule has 1 atom stereocenters. The highest BCUT2D eigenvalue weighted by molar-refractivity contribution is 6.15. The molecular weight excluding hydrogens is 666 g/mol. The molecule has 0 saturated heterocycles. The number of aryl methyl sites for hydroxylation is 2. The Morgan fingerprint density at radius 2 is 1.73 bits per heavy atom. The van der Waals surface area contributed by atoms with Crippen molar-refractivity contribution in [2.75, 3.05) is 11.1 Å². The summed E-state index contributed by atoms with van der Waals surface area (Å²) in [6.07, 6.45) is 6.61. The fourth-order valence-corrected chi connectivity index (χ4v) is 6.34. The number of carbonyl (C=O) groups is 4. The third kappa shape index (κ3) is 7.86. The number of hydrogen-bond acceptors (Lipinski definition) is 10. The fourth-order valence-electron chi connectivity index (χ4n) is 6.34. The number of nitrogens with two attached hydrogens (primary N) is 1. The lowest BCUT2D eigenvalue weighted by Gasteiger charge is -2.20. The maximum atomic E-state index is 12.3. The Hall–Kier alpha value is -6.70. The lowest BCUT2D eigenvalue weighted by molar-refractivity contribution is -0.140. The lowest BCUT2D eigenvalue weighted by atomic mass is 9.84. The molecule has 2 aromatic heterocycles. The van der Waals surface area contributed by atoms with Crippen molar-refractivity contribution in [3.63, 3.8) is 0 Å². The molecule has 0 bridgehead atoms. The molecule has 52 heavy (non-hydrogen) atoms. The van der Waals surface area contributed by atoms with Crippen LogP contribution in [0.2, 0.25) is 0 Å². The number of nitrogen functional groups attached to an aromatic ring is 1. The average Bonchev–Trinajstić information content (AvgIpc) is 3.15. The van der Waals surface area contributed by atoms with Gasteiger partial charge in [0.1, 0.15) is 6.04 Å². The van der Waals surface area contributed by atoms with Crippen LogP contribution in [-0.2, 0) is 29.0 Å². The molecule has 4 aromatic carbocycles. The Morgan fingerprint density at radius 1 is 0.962 bits per heavy atom. The zero-order chi connectivity index (χ0) is 36.8. The first-order valence-corrected chi connectivity index (χ1v) is 16.6. The van der Waals surface area contributed by atoms with Crippen LogP contribution in [0.3, 0.4) is 0 Å². The molecule has 1 unspecified atom stereocenters. The molecule has 6 aromatic rings. The predicted molar refractivity (Wildman–Crippen MR) is 195 cm³/mol. The van der Waals surface area contributed by atoms with E-state index >= 15 is 0 Å². The summed E-state index contributed by atoms with van der Waals surface area (Å²) >= 11 is 0. The number of aromatic nitrogens is 4. The van der Waals surface area contributed by atoms with E-state index in [9.17, 15) is 24.0 Å². The number of rotatable bonds is 10. The summed E-state index contributed by atoms with van der Waals surface area (Å²) in [5.74, 6) is -3.16. The van der Waals surface area contributed by atoms with Gasteiger partial charge in [0.15, 0.2) is 17.5 Å². The van der Waals surface area contributed by atoms with Crippen LogP contribution >= 0.6 is 0 Å². The summed E-state index contributed by atoms with van der Waals surface area (Å²) < 4.78 is 0. The summed E-state index contributed by atoms with van der Waals surface area (Å²) in [5.41, 5.74) is 10.2. The lowest BCUT2D eigenvalue weighted by Crippen LogP contribution is -2.41. The van der Waals surface area contributed by atoms with Crippen molar-refractivity contribution in [1.29, 1.82) is 0 Å². The molecule has 14 nitrogen and oxygen atoms in total. The third-order valence-corrected chi connectivity index (χ3v) is 8.87. The van der Waals surface area contributed by atoms with Crippen molar-refractivity contribution < 1.29 is 29.4 Å². The zero-order valence-corrected chi connectivity index (χ0v) is 27.9. The molecule has 0 aliphatic heterocycles. The number of fused-ring (bicyclic) bond motifs is 6. The van der Waals surface area contributed by atoms with Gasteiger partial charge in [-0.1, -0.05) is 36.4 Å². The molecular formula is C38H35N7O7. The van der Waals surface area contributed by atoms with Crippen molar-refractivity contribution in [2.24, 2.45) is 0 Å². The Balaban J connectivity index is 0.000000197. The van der Waals surface area contributed by atoms with Gasteiger partial charge in [0.25, 0.3) is 11.5 Å². The number of H-pyrrole nitrogens is 1. The average molecular weight is 702 g/mol. The number of carboxylic acids is 2. The van der Waals surface area contributed by atoms with Gasteiger partial charge in [-0.3, -0.25) is 24.2 Å². The van der Waals surface area contributed by atoms with Crippen LogP contribution in [0.5, 0.6) is 0 Å². The van der Waals surface area contributed by atoms with Crippen LogP contribution in [0, 0.1) is 0 Å². The van der Waals surface area contributed by atoms with Gasteiger partial charge < -0.3 is 26.6 Å². The minimum Gasteiger partial charge on any atom is -0.481 e. The molecule has 14 heteroatoms. The van der Waals surface area contributed by atoms with E-state index in [4.69, 9.17) is 15.9 Å². The van der Waals surface area contributed by atoms with Crippen molar-refractivity contribution in [1.82, 2.24) is 25.3 Å². The van der Waals surface area contributed by atoms with E-state index < -0.39 is 29.4 Å². The maximum Gasteiger partial charge on any atom is 0.326 e. The Kier molecular flexibility index (Phi) is 10.4. The number of aldehydes is 1. The van der Waals surface area contributed by atoms with Crippen molar-refractivity contribution >= 4 is 68.5 Å². The zero-order valence-electron chi connectivity index (χ0n) is 27.9. The first-order valence-electron chi connectivity index (χ1n) is 16.6. The van der Waals surface area contributed by atoms with Crippen LogP contribution in [0.15, 0.2) is 77.7 Å². The van der Waals surface area contributed by atoms with Crippen molar-refractivity contribution in [2.45, 2.75) is 51.1 Å². The number of carboxylic acid groups (broad SMARTS) is 2. The monoisotopic (exact) mass is 701 g/mol. The fraction of sp³-hybridized carbons (Fsp3) is 0.211. The van der Waals surface area contributed by atoms with Gasteiger partial charge in [0.05, 0.1) is 18.4 Å². The second kappa shape index (κ2) is 15.5. The number of hydrogen-bond donors (Lipinski definition) is 6. The van der Waals surface area contributed by atoms with Gasteiger partial charge in [-0.15, -0.1) is 0 Å². The van der Waals surface area contributed by atoms with Crippen molar-refractivity contribution in [3.05, 3.63) is 111 Å². The molecule has 264 valence electrons. The first kappa shape index (κ1) is 35.1. The van der Waals surface area contributed by atoms with Crippen LogP contribution < -0.4 is 21.9 Å². The number of aromatic amines is 1. The normalized spacial score (nSPS) is 12.7. The van der Waals surface area contributed by atoms with E-state index in [0.29, 0.717) is 11.4 Å². The van der Waals surface area contributed by atoms with Gasteiger partial charge in [0.2, 0.25) is 5.95 Å². The van der Waals surface area contributed by atoms with Gasteiger partial charge in [-0.05, 0) is 95.1 Å². The summed E-state index contributed by atoms with van der Waals surface area (Å²) in [6.45, 7) is 0.231. The third-order valence-electron chi connectivity index (χ3n) is 8.87. The number of nitrogens with one attached hydrogen (secondary N) is 3. The van der Waals surface area contributed by atoms with E-state index in [1.807, 2.05) is 12.1 Å². The molecule has 1 amide bonds. The second-order valence-corrected chi connectivity index (χ2v) is 12.4. The number of amides is 1. The molecule has 0 spiro atoms. The van der Waals surface area contributed by atoms with Crippen LogP contribution in [0.25, 0.3) is 32.7 Å². The van der Waals surface area contributed by atoms with Crippen LogP contribution in [0.1, 0.15) is 63.2 Å². The SMILES string of the molecule is Nc1nc2ncc(CNc3ccc(C(=O)NC(CCC(=O)O)C(=O)O)cc3)nc2c(=O)[nH]1.O=Cc1cc2ccccc2c2ccc3c(c12)CCCC3. The number of carbonyl (C=O) groups excluding carboxylic acids is 2. The Morgan fingerprint density at radius 3 is 2.48 bits per heavy atom. The highest BCUT2D eigenvalue weighted by Crippen LogP contribution is 2.35. The molecule has 2 heterocycles. The molecule has 0 radical (unpaired) electrons. The first-order chi connectivity index (χ1) is 25.1. The Labute approximate surface area is 296 Å². The molecule has 7 N–H and O–H groups in total. The number of nitrogens with zero attached hydrogens (tertiary/aromatic N) is 3. The number of benzene rings is 4. The predicted octanol–water partition coefficient (Wildman–Crippen LogP) is 4.64. The quantitative estimate of drug-likeness (QED) is 0.0848. The Bertz CT molecular complexity index is 2390. The standard InChI is InChI=1S/C19H19N7O6.C19H16O/c20-19-25-15-14(17(30)26-19)23-11(8-22-15)7-21-10-3-1-9(2-4-10)16(29)24-12(18(31)32)5-6-13(27)28;20-12-15-11-14-6-2-3-7-16(14)18-10-9-13-5-1-4-8-17(13)19(15)18/h1-4,8,12,21H,5-7H2,(H,24,29)(H,27,28)(H,31,32)(H3,20,22,25,26,30);2-3,6-7,9-12H,1,4-5,8H2. The highest BCUT2D eigenvalue weighted by atomic mass is 16.4. The van der Waals surface area contributed by atoms with Gasteiger partial charge >= 0.3 is 11.9 Å². The molecule has 1 aliphatic rings. The highest BCUT2D eigenvalue weighted by Gasteiger charge is 2.22. The molecule has 0 fully saturated rings. The van der Waals surface area contributed by atoms with Gasteiger partial charge in [-0.2, -0.15) is 4.98 Å². The van der Waals surface area contributed by atoms with Crippen molar-refractivity contribution in [3.8, 4) is 0 Å². The van der Waals surface area contributed by atoms with E-state index in [1.165, 1.54) is 58.5 Å². The number of aliphatic carboxylic acids is 2. The summed E-state index contributed by atoms with van der Waals surface area (Å²) in [6, 6.07) is 19.7. The summed E-state index contributed by atoms with van der Waals surface area (Å²) in [5, 5.41) is 28.0. The van der Waals surface area contributed by atoms with Crippen LogP contribution in [-0.4, -0.2) is 60.3 Å². The van der Waals surface area contributed by atoms with Gasteiger partial charge in [0, 0.05) is 23.2 Å². The van der Waals surface area contributed by atoms with E-state index in [-0.39, 0.29) is 42.1 Å². The van der Waals surface area contributed by atoms with E-state index in [1.54, 1.807) is 12.1 Å². The number of anilines is 2. The molecule has 0 saturated carbocycles. The van der Waals surface area contributed by atoms with E-state index in [2.05, 4.69) is 60.9 Å². The molecule has 7 rings (SSSR count). The second-order valence-electron chi connectivity index (χ2n) is 12.4. The topological polar surface area (TPSA) is 230 Å². The summed E-state index contributed by atoms with van der Waals surface area (Å²) in [4.78, 5) is 72.1. The maximum absolute atomic E-state index is 12.3. The van der Waals surface area contributed by atoms with Crippen LogP contribution in [0.4, 0.5) is 11.6 Å². The molecule has 1 aliphatic carbocycles. The smallest absolute Gasteiger partial charge is 0.326 e. The van der Waals surface area contributed by atoms with E-state index in [0.717, 1.165) is 30.1 Å². The minimum atomic E-state index is -1.31. The summed E-state index contributed by atoms with van der Waals surface area (Å²) in [7, 11) is 0.